The highest BCUT2D eigenvalue weighted by Crippen LogP contribution is 2.51. The van der Waals surface area contributed by atoms with Crippen LogP contribution in [0.2, 0.25) is 0 Å². The Morgan fingerprint density at radius 1 is 1.17 bits per heavy atom. The van der Waals surface area contributed by atoms with Gasteiger partial charge in [-0.15, -0.1) is 0 Å². The second kappa shape index (κ2) is 6.45. The lowest BCUT2D eigenvalue weighted by Crippen LogP contribution is -2.41. The number of carbonyl (C=O) groups is 3. The van der Waals surface area contributed by atoms with E-state index in [4.69, 9.17) is 4.52 Å². The summed E-state index contributed by atoms with van der Waals surface area (Å²) in [5.74, 6) is -2.82. The maximum Gasteiger partial charge on any atom is 0.181 e. The summed E-state index contributed by atoms with van der Waals surface area (Å²) in [6.45, 7) is 5.06. The Kier molecular flexibility index (Phi) is 4.38. The molecular formula is C21H21NO6S. The van der Waals surface area contributed by atoms with Crippen molar-refractivity contribution >= 4 is 27.2 Å². The molecule has 4 rings (SSSR count). The highest BCUT2D eigenvalue weighted by molar-refractivity contribution is 7.90. The van der Waals surface area contributed by atoms with Crippen LogP contribution in [0, 0.1) is 37.5 Å². The van der Waals surface area contributed by atoms with Crippen LogP contribution in [0.15, 0.2) is 27.6 Å². The van der Waals surface area contributed by atoms with E-state index in [1.165, 1.54) is 12.1 Å². The van der Waals surface area contributed by atoms with E-state index in [9.17, 15) is 22.8 Å². The number of fused-ring (bicyclic) bond motifs is 1. The fourth-order valence-corrected chi connectivity index (χ4v) is 5.33. The molecule has 1 aromatic carbocycles. The van der Waals surface area contributed by atoms with Gasteiger partial charge in [0.25, 0.3) is 0 Å². The number of ketones is 3. The van der Waals surface area contributed by atoms with Gasteiger partial charge in [-0.2, -0.15) is 0 Å². The summed E-state index contributed by atoms with van der Waals surface area (Å²) < 4.78 is 29.9. The van der Waals surface area contributed by atoms with E-state index in [1.807, 2.05) is 0 Å². The number of sulfone groups is 1. The minimum absolute atomic E-state index is 0.000350. The van der Waals surface area contributed by atoms with Gasteiger partial charge in [0.1, 0.15) is 5.92 Å². The van der Waals surface area contributed by atoms with Crippen LogP contribution < -0.4 is 0 Å². The quantitative estimate of drug-likeness (QED) is 0.557. The first-order chi connectivity index (χ1) is 13.5. The van der Waals surface area contributed by atoms with Crippen LogP contribution in [-0.4, -0.2) is 37.2 Å². The molecule has 4 unspecified atom stereocenters. The zero-order chi connectivity index (χ0) is 21.2. The number of rotatable bonds is 4. The lowest BCUT2D eigenvalue weighted by Gasteiger charge is -2.24. The topological polar surface area (TPSA) is 111 Å². The van der Waals surface area contributed by atoms with Crippen molar-refractivity contribution < 1.29 is 27.3 Å². The van der Waals surface area contributed by atoms with E-state index in [0.29, 0.717) is 17.7 Å². The molecule has 1 heterocycles. The first-order valence-electron chi connectivity index (χ1n) is 9.41. The van der Waals surface area contributed by atoms with Gasteiger partial charge in [0.05, 0.1) is 10.6 Å². The summed E-state index contributed by atoms with van der Waals surface area (Å²) >= 11 is 0. The average molecular weight is 415 g/mol. The summed E-state index contributed by atoms with van der Waals surface area (Å²) in [4.78, 5) is 38.6. The maximum absolute atomic E-state index is 13.3. The second-order valence-corrected chi connectivity index (χ2v) is 10.1. The fourth-order valence-electron chi connectivity index (χ4n) is 4.39. The third-order valence-electron chi connectivity index (χ3n) is 6.09. The second-order valence-electron chi connectivity index (χ2n) is 8.11. The third kappa shape index (κ3) is 3.06. The van der Waals surface area contributed by atoms with Crippen molar-refractivity contribution in [1.29, 1.82) is 0 Å². The highest BCUT2D eigenvalue weighted by Gasteiger charge is 2.58. The largest absolute Gasteiger partial charge is 0.356 e. The van der Waals surface area contributed by atoms with Crippen LogP contribution in [0.1, 0.15) is 35.0 Å². The number of nitrogens with zero attached hydrogens (tertiary/aromatic N) is 1. The van der Waals surface area contributed by atoms with Crippen molar-refractivity contribution in [2.24, 2.45) is 23.7 Å². The molecule has 2 saturated carbocycles. The van der Waals surface area contributed by atoms with E-state index in [0.717, 1.165) is 6.26 Å². The fraction of sp³-hybridized carbons (Fsp3) is 0.429. The van der Waals surface area contributed by atoms with Gasteiger partial charge < -0.3 is 4.52 Å². The molecule has 7 nitrogen and oxygen atoms in total. The number of hydrogen-bond donors (Lipinski definition) is 0. The van der Waals surface area contributed by atoms with Crippen LogP contribution >= 0.6 is 0 Å². The first-order valence-corrected chi connectivity index (χ1v) is 11.3. The summed E-state index contributed by atoms with van der Waals surface area (Å²) in [7, 11) is -3.63. The Morgan fingerprint density at radius 2 is 1.86 bits per heavy atom. The number of aryl methyl sites for hydroxylation is 1. The molecule has 0 amide bonds. The van der Waals surface area contributed by atoms with E-state index in [1.54, 1.807) is 26.8 Å². The summed E-state index contributed by atoms with van der Waals surface area (Å²) in [6.07, 6.45) is 1.73. The lowest BCUT2D eigenvalue weighted by molar-refractivity contribution is -0.136. The molecule has 2 aliphatic rings. The van der Waals surface area contributed by atoms with Gasteiger partial charge in [0.15, 0.2) is 32.9 Å². The van der Waals surface area contributed by atoms with Crippen LogP contribution in [0.3, 0.4) is 0 Å². The Hall–Kier alpha value is -2.61. The summed E-state index contributed by atoms with van der Waals surface area (Å²) in [5, 5.41) is 3.81. The molecule has 152 valence electrons. The summed E-state index contributed by atoms with van der Waals surface area (Å²) in [6, 6.07) is 4.29. The van der Waals surface area contributed by atoms with E-state index < -0.39 is 21.5 Å². The minimum Gasteiger partial charge on any atom is -0.356 e. The molecule has 0 spiro atoms. The molecule has 0 radical (unpaired) electrons. The number of benzene rings is 1. The monoisotopic (exact) mass is 415 g/mol. The number of hydrogen-bond acceptors (Lipinski definition) is 7. The SMILES string of the molecule is Cc1cc(-c2c(S(C)(=O)=O)ccc(C(=O)C3C(=O)C(C)C4CC4C3=O)c2C)on1. The normalized spacial score (nSPS) is 26.3. The van der Waals surface area contributed by atoms with Gasteiger partial charge in [-0.1, -0.05) is 12.1 Å². The molecule has 4 atom stereocenters. The minimum atomic E-state index is -3.63. The van der Waals surface area contributed by atoms with Crippen LogP contribution in [0.4, 0.5) is 0 Å². The molecule has 2 fully saturated rings. The number of carbonyl (C=O) groups excluding carboxylic acids is 3. The molecular weight excluding hydrogens is 394 g/mol. The Bertz CT molecular complexity index is 1180. The van der Waals surface area contributed by atoms with Crippen LogP contribution in [0.5, 0.6) is 0 Å². The van der Waals surface area contributed by atoms with Gasteiger partial charge >= 0.3 is 0 Å². The van der Waals surface area contributed by atoms with E-state index >= 15 is 0 Å². The predicted octanol–water partition coefficient (Wildman–Crippen LogP) is 2.58. The Balaban J connectivity index is 1.86. The van der Waals surface area contributed by atoms with Crippen molar-refractivity contribution in [1.82, 2.24) is 5.16 Å². The molecule has 1 aromatic heterocycles. The zero-order valence-corrected chi connectivity index (χ0v) is 17.4. The van der Waals surface area contributed by atoms with Crippen molar-refractivity contribution in [3.8, 4) is 11.3 Å². The number of aromatic nitrogens is 1. The van der Waals surface area contributed by atoms with Gasteiger partial charge in [0.2, 0.25) is 0 Å². The number of Topliss-reactive ketones (excluding diaryl/α,β-unsaturated/α-hetero) is 3. The van der Waals surface area contributed by atoms with Crippen LogP contribution in [-0.2, 0) is 19.4 Å². The molecule has 8 heteroatoms. The summed E-state index contributed by atoms with van der Waals surface area (Å²) in [5.41, 5.74) is 1.29. The molecule has 0 bridgehead atoms. The predicted molar refractivity (Wildman–Crippen MR) is 103 cm³/mol. The zero-order valence-electron chi connectivity index (χ0n) is 16.6. The maximum atomic E-state index is 13.3. The van der Waals surface area contributed by atoms with Crippen molar-refractivity contribution in [2.45, 2.75) is 32.1 Å². The Labute approximate surface area is 168 Å². The van der Waals surface area contributed by atoms with Crippen LogP contribution in [0.25, 0.3) is 11.3 Å². The molecule has 0 aliphatic heterocycles. The Morgan fingerprint density at radius 3 is 2.45 bits per heavy atom. The average Bonchev–Trinajstić information content (AvgIpc) is 3.34. The standard InChI is InChI=1S/C21H21NO6S/c1-9-7-15(28-22-9)17-10(2)12(5-6-16(17)29(4,26)27)20(24)18-19(23)11(3)13-8-14(13)21(18)25/h5-7,11,13-14,18H,8H2,1-4H3. The van der Waals surface area contributed by atoms with Crippen molar-refractivity contribution in [3.05, 3.63) is 35.0 Å². The molecule has 2 aliphatic carbocycles. The third-order valence-corrected chi connectivity index (χ3v) is 7.23. The first kappa shape index (κ1) is 19.7. The van der Waals surface area contributed by atoms with Gasteiger partial charge in [-0.3, -0.25) is 14.4 Å². The molecule has 2 aromatic rings. The highest BCUT2D eigenvalue weighted by atomic mass is 32.2. The molecule has 29 heavy (non-hydrogen) atoms. The van der Waals surface area contributed by atoms with Gasteiger partial charge in [-0.25, -0.2) is 8.42 Å². The van der Waals surface area contributed by atoms with Gasteiger partial charge in [-0.05, 0) is 43.9 Å². The van der Waals surface area contributed by atoms with Gasteiger partial charge in [0, 0.05) is 35.3 Å². The molecule has 0 saturated heterocycles. The van der Waals surface area contributed by atoms with E-state index in [-0.39, 0.29) is 51.1 Å². The molecule has 0 N–H and O–H groups in total. The van der Waals surface area contributed by atoms with E-state index in [2.05, 4.69) is 5.16 Å². The smallest absolute Gasteiger partial charge is 0.181 e. The lowest BCUT2D eigenvalue weighted by atomic mass is 9.76. The van der Waals surface area contributed by atoms with Crippen molar-refractivity contribution in [2.75, 3.05) is 6.26 Å². The van der Waals surface area contributed by atoms with Crippen molar-refractivity contribution in [3.63, 3.8) is 0 Å².